The molecule has 0 atom stereocenters. The molecular weight excluding hydrogens is 322 g/mol. The van der Waals surface area contributed by atoms with E-state index >= 15 is 0 Å². The molecule has 0 aliphatic heterocycles. The largest absolute Gasteiger partial charge is 0.508 e. The Labute approximate surface area is 133 Å². The van der Waals surface area contributed by atoms with Gasteiger partial charge in [-0.05, 0) is 35.0 Å². The second-order valence-corrected chi connectivity index (χ2v) is 6.86. The first-order valence-electron chi connectivity index (χ1n) is 6.78. The number of phenolic OH excluding ortho intramolecular Hbond substituents is 1. The highest BCUT2D eigenvalue weighted by molar-refractivity contribution is 7.89. The summed E-state index contributed by atoms with van der Waals surface area (Å²) >= 11 is 0. The number of rotatable bonds is 7. The van der Waals surface area contributed by atoms with E-state index in [0.717, 1.165) is 9.69 Å². The molecule has 2 rings (SSSR count). The van der Waals surface area contributed by atoms with Gasteiger partial charge in [0.25, 0.3) is 0 Å². The molecule has 23 heavy (non-hydrogen) atoms. The maximum atomic E-state index is 12.6. The lowest BCUT2D eigenvalue weighted by atomic mass is 10.1. The van der Waals surface area contributed by atoms with E-state index in [-0.39, 0.29) is 23.8 Å². The number of benzene rings is 2. The molecule has 2 aromatic rings. The van der Waals surface area contributed by atoms with Crippen LogP contribution in [0.2, 0.25) is 0 Å². The number of nitrogens with zero attached hydrogens (tertiary/aromatic N) is 1. The van der Waals surface area contributed by atoms with E-state index in [1.807, 2.05) is 0 Å². The predicted octanol–water partition coefficient (Wildman–Crippen LogP) is 1.27. The number of phenols is 1. The van der Waals surface area contributed by atoms with Crippen molar-refractivity contribution in [2.75, 3.05) is 26.8 Å². The second-order valence-electron chi connectivity index (χ2n) is 4.92. The number of sulfonamides is 1. The number of fused-ring (bicyclic) bond motifs is 1. The van der Waals surface area contributed by atoms with Crippen molar-refractivity contribution in [2.24, 2.45) is 0 Å². The van der Waals surface area contributed by atoms with Crippen LogP contribution in [0.4, 0.5) is 0 Å². The summed E-state index contributed by atoms with van der Waals surface area (Å²) < 4.78 is 31.0. The quantitative estimate of drug-likeness (QED) is 0.787. The Bertz CT molecular complexity index is 818. The highest BCUT2D eigenvalue weighted by Gasteiger charge is 2.26. The third-order valence-electron chi connectivity index (χ3n) is 3.29. The highest BCUT2D eigenvalue weighted by Crippen LogP contribution is 2.24. The van der Waals surface area contributed by atoms with E-state index in [4.69, 9.17) is 9.84 Å². The summed E-state index contributed by atoms with van der Waals surface area (Å²) in [6.45, 7) is -0.631. The minimum atomic E-state index is -3.98. The van der Waals surface area contributed by atoms with Gasteiger partial charge in [-0.2, -0.15) is 4.31 Å². The van der Waals surface area contributed by atoms with Crippen molar-refractivity contribution in [1.29, 1.82) is 0 Å². The average molecular weight is 339 g/mol. The van der Waals surface area contributed by atoms with Gasteiger partial charge in [0.05, 0.1) is 11.5 Å². The zero-order valence-electron chi connectivity index (χ0n) is 12.5. The van der Waals surface area contributed by atoms with E-state index in [1.165, 1.54) is 31.4 Å². The Hall–Kier alpha value is -2.16. The van der Waals surface area contributed by atoms with Crippen LogP contribution in [0.3, 0.4) is 0 Å². The zero-order chi connectivity index (χ0) is 17.0. The number of carboxylic acid groups (broad SMARTS) is 1. The van der Waals surface area contributed by atoms with Gasteiger partial charge in [-0.1, -0.05) is 12.1 Å². The predicted molar refractivity (Wildman–Crippen MR) is 83.9 cm³/mol. The molecule has 0 aliphatic carbocycles. The van der Waals surface area contributed by atoms with Gasteiger partial charge in [0.1, 0.15) is 12.3 Å². The van der Waals surface area contributed by atoms with Gasteiger partial charge < -0.3 is 14.9 Å². The van der Waals surface area contributed by atoms with E-state index in [1.54, 1.807) is 12.1 Å². The first kappa shape index (κ1) is 17.2. The van der Waals surface area contributed by atoms with Gasteiger partial charge in [0.15, 0.2) is 0 Å². The molecule has 2 N–H and O–H groups in total. The Morgan fingerprint density at radius 2 is 1.87 bits per heavy atom. The van der Waals surface area contributed by atoms with Gasteiger partial charge in [0, 0.05) is 13.7 Å². The van der Waals surface area contributed by atoms with Gasteiger partial charge in [-0.3, -0.25) is 4.79 Å². The van der Waals surface area contributed by atoms with Gasteiger partial charge >= 0.3 is 5.97 Å². The third kappa shape index (κ3) is 3.98. The fourth-order valence-electron chi connectivity index (χ4n) is 2.15. The van der Waals surface area contributed by atoms with Crippen LogP contribution in [0.1, 0.15) is 0 Å². The maximum absolute atomic E-state index is 12.6. The van der Waals surface area contributed by atoms with Crippen molar-refractivity contribution in [2.45, 2.75) is 4.90 Å². The maximum Gasteiger partial charge on any atom is 0.318 e. The number of carboxylic acids is 1. The van der Waals surface area contributed by atoms with Crippen molar-refractivity contribution in [3.05, 3.63) is 36.4 Å². The fourth-order valence-corrected chi connectivity index (χ4v) is 3.56. The number of ether oxygens (including phenoxy) is 1. The number of aliphatic carboxylic acids is 1. The monoisotopic (exact) mass is 339 g/mol. The molecule has 0 unspecified atom stereocenters. The summed E-state index contributed by atoms with van der Waals surface area (Å²) in [6, 6.07) is 9.05. The summed E-state index contributed by atoms with van der Waals surface area (Å²) in [6.07, 6.45) is 0. The van der Waals surface area contributed by atoms with Crippen LogP contribution < -0.4 is 0 Å². The summed E-state index contributed by atoms with van der Waals surface area (Å²) in [5, 5.41) is 19.8. The normalized spacial score (nSPS) is 11.9. The lowest BCUT2D eigenvalue weighted by molar-refractivity contribution is -0.137. The Morgan fingerprint density at radius 1 is 1.17 bits per heavy atom. The molecule has 0 aromatic heterocycles. The van der Waals surface area contributed by atoms with E-state index in [0.29, 0.717) is 5.39 Å². The van der Waals surface area contributed by atoms with Gasteiger partial charge in [0.2, 0.25) is 10.0 Å². The van der Waals surface area contributed by atoms with Crippen LogP contribution in [-0.2, 0) is 19.6 Å². The highest BCUT2D eigenvalue weighted by atomic mass is 32.2. The Balaban J connectivity index is 2.44. The van der Waals surface area contributed by atoms with Crippen LogP contribution in [-0.4, -0.2) is 55.7 Å². The standard InChI is InChI=1S/C15H17NO6S/c1-22-7-6-16(10-15(18)19)23(20,21)14-5-3-11-2-4-13(17)8-12(11)9-14/h2-5,8-9,17H,6-7,10H2,1H3,(H,18,19). The third-order valence-corrected chi connectivity index (χ3v) is 5.13. The van der Waals surface area contributed by atoms with E-state index in [9.17, 15) is 18.3 Å². The first-order valence-corrected chi connectivity index (χ1v) is 8.22. The number of methoxy groups -OCH3 is 1. The summed E-state index contributed by atoms with van der Waals surface area (Å²) in [7, 11) is -2.57. The van der Waals surface area contributed by atoms with Crippen LogP contribution in [0, 0.1) is 0 Å². The molecule has 0 aliphatic rings. The summed E-state index contributed by atoms with van der Waals surface area (Å²) in [4.78, 5) is 10.9. The van der Waals surface area contributed by atoms with E-state index < -0.39 is 22.5 Å². The second kappa shape index (κ2) is 6.95. The lowest BCUT2D eigenvalue weighted by Gasteiger charge is -2.20. The molecule has 0 saturated heterocycles. The average Bonchev–Trinajstić information content (AvgIpc) is 2.50. The molecule has 124 valence electrons. The topological polar surface area (TPSA) is 104 Å². The SMILES string of the molecule is COCCN(CC(=O)O)S(=O)(=O)c1ccc2ccc(O)cc2c1. The molecule has 0 heterocycles. The number of carbonyl (C=O) groups is 1. The molecule has 0 bridgehead atoms. The van der Waals surface area contributed by atoms with Crippen molar-refractivity contribution in [1.82, 2.24) is 4.31 Å². The Morgan fingerprint density at radius 3 is 2.52 bits per heavy atom. The van der Waals surface area contributed by atoms with Gasteiger partial charge in [-0.15, -0.1) is 0 Å². The number of hydrogen-bond acceptors (Lipinski definition) is 5. The van der Waals surface area contributed by atoms with E-state index in [2.05, 4.69) is 0 Å². The summed E-state index contributed by atoms with van der Waals surface area (Å²) in [5.41, 5.74) is 0. The number of aromatic hydroxyl groups is 1. The lowest BCUT2D eigenvalue weighted by Crippen LogP contribution is -2.37. The molecule has 0 spiro atoms. The molecule has 0 fully saturated rings. The molecule has 7 nitrogen and oxygen atoms in total. The fraction of sp³-hybridized carbons (Fsp3) is 0.267. The first-order chi connectivity index (χ1) is 10.8. The minimum Gasteiger partial charge on any atom is -0.508 e. The van der Waals surface area contributed by atoms with Crippen LogP contribution >= 0.6 is 0 Å². The Kier molecular flexibility index (Phi) is 5.19. The van der Waals surface area contributed by atoms with Crippen molar-refractivity contribution >= 4 is 26.8 Å². The molecule has 0 radical (unpaired) electrons. The molecule has 2 aromatic carbocycles. The molecule has 0 amide bonds. The zero-order valence-corrected chi connectivity index (χ0v) is 13.3. The molecule has 8 heteroatoms. The summed E-state index contributed by atoms with van der Waals surface area (Å²) in [5.74, 6) is -1.23. The van der Waals surface area contributed by atoms with Crippen LogP contribution in [0.5, 0.6) is 5.75 Å². The molecule has 0 saturated carbocycles. The van der Waals surface area contributed by atoms with Crippen molar-refractivity contribution in [3.8, 4) is 5.75 Å². The molecular formula is C15H17NO6S. The van der Waals surface area contributed by atoms with Crippen molar-refractivity contribution < 1.29 is 28.2 Å². The minimum absolute atomic E-state index is 0.0221. The van der Waals surface area contributed by atoms with Gasteiger partial charge in [-0.25, -0.2) is 8.42 Å². The smallest absolute Gasteiger partial charge is 0.318 e. The number of hydrogen-bond donors (Lipinski definition) is 2. The van der Waals surface area contributed by atoms with Crippen LogP contribution in [0.25, 0.3) is 10.8 Å². The van der Waals surface area contributed by atoms with Crippen molar-refractivity contribution in [3.63, 3.8) is 0 Å². The van der Waals surface area contributed by atoms with Crippen LogP contribution in [0.15, 0.2) is 41.3 Å².